The number of anilines is 2. The van der Waals surface area contributed by atoms with Gasteiger partial charge in [0.1, 0.15) is 5.75 Å². The molecule has 0 aliphatic carbocycles. The third-order valence-corrected chi connectivity index (χ3v) is 6.33. The van der Waals surface area contributed by atoms with Crippen molar-refractivity contribution in [3.8, 4) is 16.9 Å². The van der Waals surface area contributed by atoms with Crippen LogP contribution in [0.1, 0.15) is 5.56 Å². The molecule has 12 nitrogen and oxygen atoms in total. The molecule has 0 radical (unpaired) electrons. The second-order valence-electron chi connectivity index (χ2n) is 8.86. The van der Waals surface area contributed by atoms with Gasteiger partial charge in [0.15, 0.2) is 5.69 Å². The van der Waals surface area contributed by atoms with Gasteiger partial charge in [0, 0.05) is 17.5 Å². The minimum absolute atomic E-state index is 0.127. The van der Waals surface area contributed by atoms with Crippen molar-refractivity contribution in [2.24, 2.45) is 4.99 Å². The van der Waals surface area contributed by atoms with Crippen molar-refractivity contribution in [2.45, 2.75) is 0 Å². The Labute approximate surface area is 231 Å². The Kier molecular flexibility index (Phi) is 7.03. The first-order chi connectivity index (χ1) is 19.7. The lowest BCUT2D eigenvalue weighted by Gasteiger charge is -2.09. The van der Waals surface area contributed by atoms with Crippen LogP contribution in [0.3, 0.4) is 0 Å². The van der Waals surface area contributed by atoms with Crippen LogP contribution in [-0.4, -0.2) is 26.1 Å². The molecule has 0 saturated heterocycles. The molecule has 5 aromatic rings. The summed E-state index contributed by atoms with van der Waals surface area (Å²) < 4.78 is 0. The summed E-state index contributed by atoms with van der Waals surface area (Å²) in [6.07, 6.45) is 1.61. The first-order valence-electron chi connectivity index (χ1n) is 12.0. The Morgan fingerprint density at radius 1 is 0.707 bits per heavy atom. The lowest BCUT2D eigenvalue weighted by atomic mass is 10.0. The number of nitro groups is 3. The molecule has 2 N–H and O–H groups in total. The van der Waals surface area contributed by atoms with E-state index in [9.17, 15) is 35.4 Å². The normalized spacial score (nSPS) is 11.0. The van der Waals surface area contributed by atoms with E-state index >= 15 is 0 Å². The summed E-state index contributed by atoms with van der Waals surface area (Å²) in [7, 11) is 0. The van der Waals surface area contributed by atoms with Crippen LogP contribution < -0.4 is 5.32 Å². The highest BCUT2D eigenvalue weighted by molar-refractivity contribution is 6.03. The predicted octanol–water partition coefficient (Wildman–Crippen LogP) is 7.43. The molecule has 0 atom stereocenters. The van der Waals surface area contributed by atoms with Crippen molar-refractivity contribution in [1.82, 2.24) is 0 Å². The van der Waals surface area contributed by atoms with Crippen LogP contribution in [0.15, 0.2) is 102 Å². The van der Waals surface area contributed by atoms with Crippen molar-refractivity contribution in [3.63, 3.8) is 0 Å². The average molecular weight is 549 g/mol. The smallest absolute Gasteiger partial charge is 0.306 e. The zero-order valence-electron chi connectivity index (χ0n) is 21.0. The van der Waals surface area contributed by atoms with Gasteiger partial charge in [-0.15, -0.1) is 0 Å². The number of nitrogens with one attached hydrogen (secondary N) is 1. The van der Waals surface area contributed by atoms with Gasteiger partial charge in [0.25, 0.3) is 5.69 Å². The first kappa shape index (κ1) is 26.4. The van der Waals surface area contributed by atoms with Crippen LogP contribution >= 0.6 is 0 Å². The molecule has 0 aliphatic heterocycles. The molecule has 202 valence electrons. The molecule has 12 heteroatoms. The third kappa shape index (κ3) is 5.52. The Morgan fingerprint density at radius 3 is 1.88 bits per heavy atom. The van der Waals surface area contributed by atoms with Gasteiger partial charge in [-0.3, -0.25) is 35.3 Å². The standard InChI is InChI=1S/C29H19N5O7/c35-28-14-9-20-3-1-2-4-24(20)25(28)17-30-21-10-5-18(6-11-21)19-7-12-22(13-8-19)31-29-26(33(38)39)15-23(32(36)37)16-27(29)34(40)41/h1-17,31,35H. The summed E-state index contributed by atoms with van der Waals surface area (Å²) >= 11 is 0. The maximum absolute atomic E-state index is 11.5. The average Bonchev–Trinajstić information content (AvgIpc) is 2.97. The quantitative estimate of drug-likeness (QED) is 0.114. The van der Waals surface area contributed by atoms with Crippen LogP contribution in [0.5, 0.6) is 5.75 Å². The van der Waals surface area contributed by atoms with Crippen molar-refractivity contribution >= 4 is 51.1 Å². The number of aromatic hydroxyl groups is 1. The summed E-state index contributed by atoms with van der Waals surface area (Å²) in [5, 5.41) is 49.0. The largest absolute Gasteiger partial charge is 0.507 e. The fraction of sp³-hybridized carbons (Fsp3) is 0. The van der Waals surface area contributed by atoms with Gasteiger partial charge in [-0.25, -0.2) is 0 Å². The minimum atomic E-state index is -0.928. The number of fused-ring (bicyclic) bond motifs is 1. The van der Waals surface area contributed by atoms with E-state index in [2.05, 4.69) is 10.3 Å². The molecule has 5 aromatic carbocycles. The zero-order chi connectivity index (χ0) is 29.1. The number of benzene rings is 5. The second kappa shape index (κ2) is 10.9. The Hall–Kier alpha value is -6.17. The molecule has 0 aliphatic rings. The molecule has 0 aromatic heterocycles. The predicted molar refractivity (Wildman–Crippen MR) is 154 cm³/mol. The fourth-order valence-electron chi connectivity index (χ4n) is 4.31. The Morgan fingerprint density at radius 2 is 1.29 bits per heavy atom. The Bertz CT molecular complexity index is 1820. The molecule has 0 saturated carbocycles. The molecule has 41 heavy (non-hydrogen) atoms. The number of phenols is 1. The molecule has 0 heterocycles. The molecule has 0 unspecified atom stereocenters. The topological polar surface area (TPSA) is 174 Å². The van der Waals surface area contributed by atoms with Crippen LogP contribution in [0, 0.1) is 30.3 Å². The number of hydrogen-bond acceptors (Lipinski definition) is 9. The summed E-state index contributed by atoms with van der Waals surface area (Å²) in [6.45, 7) is 0. The van der Waals surface area contributed by atoms with E-state index in [1.165, 1.54) is 0 Å². The molecule has 0 amide bonds. The lowest BCUT2D eigenvalue weighted by molar-refractivity contribution is -0.401. The van der Waals surface area contributed by atoms with E-state index in [1.807, 2.05) is 54.6 Å². The van der Waals surface area contributed by atoms with Gasteiger partial charge < -0.3 is 10.4 Å². The summed E-state index contributed by atoms with van der Waals surface area (Å²) in [5.74, 6) is 0.127. The maximum Gasteiger partial charge on any atom is 0.306 e. The first-order valence-corrected chi connectivity index (χ1v) is 12.0. The number of aliphatic imine (C=N–C) groups is 1. The van der Waals surface area contributed by atoms with Crippen LogP contribution in [0.2, 0.25) is 0 Å². The van der Waals surface area contributed by atoms with Crippen molar-refractivity contribution < 1.29 is 19.9 Å². The van der Waals surface area contributed by atoms with E-state index < -0.39 is 37.5 Å². The molecular formula is C29H19N5O7. The monoisotopic (exact) mass is 549 g/mol. The number of phenolic OH excluding ortho intramolecular Hbond substituents is 1. The maximum atomic E-state index is 11.5. The van der Waals surface area contributed by atoms with E-state index in [1.54, 1.807) is 36.5 Å². The summed E-state index contributed by atoms with van der Waals surface area (Å²) in [5.41, 5.74) is 0.432. The number of hydrogen-bond donors (Lipinski definition) is 2. The summed E-state index contributed by atoms with van der Waals surface area (Å²) in [4.78, 5) is 35.9. The number of nitrogens with zero attached hydrogens (tertiary/aromatic N) is 4. The zero-order valence-corrected chi connectivity index (χ0v) is 21.0. The van der Waals surface area contributed by atoms with Crippen LogP contribution in [0.25, 0.3) is 21.9 Å². The lowest BCUT2D eigenvalue weighted by Crippen LogP contribution is -2.03. The second-order valence-corrected chi connectivity index (χ2v) is 8.86. The van der Waals surface area contributed by atoms with E-state index in [-0.39, 0.29) is 5.75 Å². The van der Waals surface area contributed by atoms with Gasteiger partial charge in [0.2, 0.25) is 0 Å². The fourth-order valence-corrected chi connectivity index (χ4v) is 4.31. The highest BCUT2D eigenvalue weighted by atomic mass is 16.6. The highest BCUT2D eigenvalue weighted by Gasteiger charge is 2.30. The molecule has 0 bridgehead atoms. The van der Waals surface area contributed by atoms with Gasteiger partial charge in [-0.05, 0) is 52.2 Å². The van der Waals surface area contributed by atoms with E-state index in [4.69, 9.17) is 0 Å². The minimum Gasteiger partial charge on any atom is -0.507 e. The van der Waals surface area contributed by atoms with Crippen molar-refractivity contribution in [2.75, 3.05) is 5.32 Å². The summed E-state index contributed by atoms with van der Waals surface area (Å²) in [6, 6.07) is 26.4. The molecule has 0 fully saturated rings. The number of non-ortho nitro benzene ring substituents is 1. The Balaban J connectivity index is 1.37. The number of rotatable bonds is 8. The highest BCUT2D eigenvalue weighted by Crippen LogP contribution is 2.40. The van der Waals surface area contributed by atoms with Gasteiger partial charge in [0.05, 0.1) is 32.6 Å². The van der Waals surface area contributed by atoms with Crippen LogP contribution in [-0.2, 0) is 0 Å². The number of nitro benzene ring substituents is 3. The van der Waals surface area contributed by atoms with Gasteiger partial charge in [-0.2, -0.15) is 0 Å². The van der Waals surface area contributed by atoms with Gasteiger partial charge >= 0.3 is 11.4 Å². The molecular weight excluding hydrogens is 530 g/mol. The van der Waals surface area contributed by atoms with E-state index in [0.29, 0.717) is 29.1 Å². The van der Waals surface area contributed by atoms with Crippen molar-refractivity contribution in [3.05, 3.63) is 133 Å². The third-order valence-electron chi connectivity index (χ3n) is 6.33. The van der Waals surface area contributed by atoms with E-state index in [0.717, 1.165) is 21.9 Å². The molecule has 0 spiro atoms. The van der Waals surface area contributed by atoms with Gasteiger partial charge in [-0.1, -0.05) is 54.6 Å². The SMILES string of the molecule is O=[N+]([O-])c1cc([N+](=O)[O-])c(Nc2ccc(-c3ccc(N=Cc4c(O)ccc5ccccc45)cc3)cc2)c([N+](=O)[O-])c1. The van der Waals surface area contributed by atoms with Crippen molar-refractivity contribution in [1.29, 1.82) is 0 Å². The molecule has 5 rings (SSSR count). The van der Waals surface area contributed by atoms with Crippen LogP contribution in [0.4, 0.5) is 34.1 Å².